The van der Waals surface area contributed by atoms with E-state index in [1.165, 1.54) is 0 Å². The first-order valence-electron chi connectivity index (χ1n) is 7.71. The van der Waals surface area contributed by atoms with E-state index in [1.54, 1.807) is 7.11 Å². The topological polar surface area (TPSA) is 96.0 Å². The molecule has 0 aliphatic heterocycles. The lowest BCUT2D eigenvalue weighted by Gasteiger charge is -2.69. The second-order valence-electron chi connectivity index (χ2n) is 6.85. The van der Waals surface area contributed by atoms with Gasteiger partial charge in [0.1, 0.15) is 11.7 Å². The highest BCUT2D eigenvalue weighted by molar-refractivity contribution is 7.86. The maximum Gasteiger partial charge on any atom is 1.00 e. The molecule has 5 atom stereocenters. The number of hydrogen-bond acceptors (Lipinski definition) is 7. The molecule has 0 bridgehead atoms. The van der Waals surface area contributed by atoms with Crippen LogP contribution in [0.3, 0.4) is 0 Å². The lowest BCUT2D eigenvalue weighted by Crippen LogP contribution is -2.79. The van der Waals surface area contributed by atoms with Crippen molar-refractivity contribution < 1.29 is 31.4 Å². The summed E-state index contributed by atoms with van der Waals surface area (Å²) >= 11 is 0. The summed E-state index contributed by atoms with van der Waals surface area (Å²) in [6, 6.07) is 0. The Balaban J connectivity index is 0.00000208. The predicted octanol–water partition coefficient (Wildman–Crippen LogP) is 0.972. The molecule has 3 saturated carbocycles. The van der Waals surface area contributed by atoms with Crippen LogP contribution in [0.2, 0.25) is 0 Å². The Labute approximate surface area is 139 Å². The van der Waals surface area contributed by atoms with Crippen LogP contribution in [0.4, 0.5) is 0 Å². The number of ether oxygens (including phenoxy) is 1. The molecule has 0 spiro atoms. The summed E-state index contributed by atoms with van der Waals surface area (Å²) < 4.78 is 63.7. The number of methoxy groups -OCH3 is 1. The van der Waals surface area contributed by atoms with Gasteiger partial charge in [-0.05, 0) is 18.8 Å². The van der Waals surface area contributed by atoms with Gasteiger partial charge in [0.2, 0.25) is 0 Å². The molecule has 9 heteroatoms. The summed E-state index contributed by atoms with van der Waals surface area (Å²) in [5, 5.41) is 0. The Morgan fingerprint density at radius 3 is 2.35 bits per heavy atom. The molecular weight excluding hydrogens is 344 g/mol. The van der Waals surface area contributed by atoms with E-state index in [2.05, 4.69) is 6.42 Å². The minimum atomic E-state index is -3.77. The van der Waals surface area contributed by atoms with Gasteiger partial charge in [0, 0.05) is 13.0 Å². The molecule has 3 aliphatic rings. The Bertz CT molecular complexity index is 692. The Morgan fingerprint density at radius 1 is 1.09 bits per heavy atom. The van der Waals surface area contributed by atoms with Crippen molar-refractivity contribution in [1.29, 1.82) is 0 Å². The van der Waals surface area contributed by atoms with Gasteiger partial charge in [0.15, 0.2) is 0 Å². The predicted molar refractivity (Wildman–Crippen MR) is 83.6 cm³/mol. The summed E-state index contributed by atoms with van der Waals surface area (Å²) in [4.78, 5) is 0. The molecule has 0 amide bonds. The molecule has 3 fully saturated rings. The molecule has 23 heavy (non-hydrogen) atoms. The van der Waals surface area contributed by atoms with Crippen molar-refractivity contribution >= 4 is 20.2 Å². The molecular formula is C14H24O7S2. The largest absolute Gasteiger partial charge is 1.00 e. The minimum Gasteiger partial charge on any atom is -0.380 e. The van der Waals surface area contributed by atoms with Crippen LogP contribution in [0.25, 0.3) is 0 Å². The lowest BCUT2D eigenvalue weighted by atomic mass is 9.46. The Kier molecular flexibility index (Phi) is 4.12. The van der Waals surface area contributed by atoms with Gasteiger partial charge in [-0.15, -0.1) is 6.42 Å². The molecule has 0 radical (unpaired) electrons. The number of hydrogen-bond donors (Lipinski definition) is 0. The average molecular weight is 368 g/mol. The average Bonchev–Trinajstić information content (AvgIpc) is 2.77. The van der Waals surface area contributed by atoms with Crippen molar-refractivity contribution in [3.63, 3.8) is 0 Å². The standard InChI is InChI=1S/C14H23O7S2/c1-19-13-9-5-7-11(13)14(21-23(3,17)18)10(13)6-4-8-12(14)20-22(2,15)16/h5,10-12H,4,6-9H2,1-3H3/q-1/p+1/t10-,11+,12+,13-,14+/m0/s1. The fourth-order valence-electron chi connectivity index (χ4n) is 5.08. The van der Waals surface area contributed by atoms with Crippen LogP contribution in [-0.2, 0) is 33.3 Å². The molecule has 0 aromatic carbocycles. The van der Waals surface area contributed by atoms with Crippen LogP contribution < -0.4 is 0 Å². The zero-order chi connectivity index (χ0) is 17.1. The van der Waals surface area contributed by atoms with Gasteiger partial charge >= 0.3 is 1.43 Å². The number of fused-ring (bicyclic) bond motifs is 4. The minimum absolute atomic E-state index is 0. The molecule has 3 rings (SSSR count). The van der Waals surface area contributed by atoms with E-state index < -0.39 is 37.5 Å². The highest BCUT2D eigenvalue weighted by Crippen LogP contribution is 2.68. The van der Waals surface area contributed by atoms with E-state index >= 15 is 0 Å². The molecule has 3 aliphatic carbocycles. The molecule has 0 saturated heterocycles. The Hall–Kier alpha value is -0.220. The fraction of sp³-hybridized carbons (Fsp3) is 0.929. The van der Waals surface area contributed by atoms with Crippen LogP contribution in [0, 0.1) is 18.3 Å². The van der Waals surface area contributed by atoms with Gasteiger partial charge in [0.25, 0.3) is 20.2 Å². The van der Waals surface area contributed by atoms with Gasteiger partial charge in [-0.3, -0.25) is 8.37 Å². The third-order valence-electron chi connectivity index (χ3n) is 5.56. The van der Waals surface area contributed by atoms with Crippen molar-refractivity contribution in [3.05, 3.63) is 6.42 Å². The second-order valence-corrected chi connectivity index (χ2v) is 10.0. The summed E-state index contributed by atoms with van der Waals surface area (Å²) in [7, 11) is -5.87. The van der Waals surface area contributed by atoms with Gasteiger partial charge in [-0.2, -0.15) is 23.3 Å². The van der Waals surface area contributed by atoms with Gasteiger partial charge in [0.05, 0.1) is 18.1 Å². The third kappa shape index (κ3) is 2.64. The van der Waals surface area contributed by atoms with Crippen molar-refractivity contribution in [1.82, 2.24) is 0 Å². The van der Waals surface area contributed by atoms with E-state index in [9.17, 15) is 16.8 Å². The fourth-order valence-corrected chi connectivity index (χ4v) is 6.62. The molecule has 0 unspecified atom stereocenters. The van der Waals surface area contributed by atoms with E-state index in [0.717, 1.165) is 31.8 Å². The molecule has 7 nitrogen and oxygen atoms in total. The van der Waals surface area contributed by atoms with E-state index in [1.807, 2.05) is 0 Å². The van der Waals surface area contributed by atoms with E-state index in [-0.39, 0.29) is 13.3 Å². The Morgan fingerprint density at radius 2 is 1.78 bits per heavy atom. The van der Waals surface area contributed by atoms with Gasteiger partial charge in [-0.25, -0.2) is 0 Å². The lowest BCUT2D eigenvalue weighted by molar-refractivity contribution is -0.312. The van der Waals surface area contributed by atoms with E-state index in [0.29, 0.717) is 12.8 Å². The van der Waals surface area contributed by atoms with Crippen LogP contribution in [0.5, 0.6) is 0 Å². The molecule has 0 N–H and O–H groups in total. The monoisotopic (exact) mass is 368 g/mol. The molecule has 134 valence electrons. The first kappa shape index (κ1) is 17.6. The highest BCUT2D eigenvalue weighted by Gasteiger charge is 2.76. The first-order valence-corrected chi connectivity index (χ1v) is 11.3. The van der Waals surface area contributed by atoms with Crippen LogP contribution in [-0.4, -0.2) is 53.8 Å². The van der Waals surface area contributed by atoms with Gasteiger partial charge in [-0.1, -0.05) is 6.42 Å². The quantitative estimate of drug-likeness (QED) is 0.527. The van der Waals surface area contributed by atoms with Gasteiger partial charge < -0.3 is 11.2 Å². The normalized spacial score (nSPS) is 43.5. The molecule has 0 heterocycles. The molecule has 0 aromatic heterocycles. The third-order valence-corrected chi connectivity index (χ3v) is 6.74. The first-order chi connectivity index (χ1) is 10.6. The zero-order valence-corrected chi connectivity index (χ0v) is 15.2. The highest BCUT2D eigenvalue weighted by atomic mass is 32.2. The maximum atomic E-state index is 11.9. The summed E-state index contributed by atoms with van der Waals surface area (Å²) in [5.41, 5.74) is -1.62. The van der Waals surface area contributed by atoms with Crippen LogP contribution in [0.15, 0.2) is 0 Å². The van der Waals surface area contributed by atoms with Crippen LogP contribution >= 0.6 is 0 Å². The maximum absolute atomic E-state index is 11.9. The SMILES string of the molecule is CO[C@]12C[CH-]C[C@H]1[C@@]1(OS(C)(=O)=O)[C@H](OS(C)(=O)=O)CCC[C@@H]21.[H+]. The summed E-state index contributed by atoms with van der Waals surface area (Å²) in [6.07, 6.45) is 6.53. The van der Waals surface area contributed by atoms with Crippen LogP contribution in [0.1, 0.15) is 33.5 Å². The van der Waals surface area contributed by atoms with Crippen molar-refractivity contribution in [2.24, 2.45) is 11.8 Å². The van der Waals surface area contributed by atoms with Crippen molar-refractivity contribution in [3.8, 4) is 0 Å². The molecule has 0 aromatic rings. The smallest absolute Gasteiger partial charge is 0.380 e. The summed E-state index contributed by atoms with van der Waals surface area (Å²) in [6.45, 7) is 0. The zero-order valence-electron chi connectivity index (χ0n) is 14.5. The van der Waals surface area contributed by atoms with Crippen molar-refractivity contribution in [2.75, 3.05) is 19.6 Å². The summed E-state index contributed by atoms with van der Waals surface area (Å²) in [5.74, 6) is -0.411. The number of rotatable bonds is 5. The van der Waals surface area contributed by atoms with Crippen molar-refractivity contribution in [2.45, 2.75) is 49.4 Å². The second kappa shape index (κ2) is 5.39. The van der Waals surface area contributed by atoms with E-state index in [4.69, 9.17) is 13.1 Å².